The third-order valence-electron chi connectivity index (χ3n) is 1.64. The molecule has 0 saturated heterocycles. The van der Waals surface area contributed by atoms with Crippen LogP contribution < -0.4 is 11.2 Å². The van der Waals surface area contributed by atoms with E-state index in [4.69, 9.17) is 5.11 Å². The molecule has 74 valence electrons. The van der Waals surface area contributed by atoms with Gasteiger partial charge in [-0.05, 0) is 6.92 Å². The minimum Gasteiger partial charge on any atom is -0.384 e. The molecule has 0 fully saturated rings. The molecule has 1 aromatic rings. The fourth-order valence-electron chi connectivity index (χ4n) is 0.933. The van der Waals surface area contributed by atoms with Crippen LogP contribution in [-0.4, -0.2) is 21.3 Å². The number of nitrogens with zero attached hydrogens (tertiary/aromatic N) is 1. The molecule has 0 aliphatic carbocycles. The zero-order valence-corrected chi connectivity index (χ0v) is 7.70. The van der Waals surface area contributed by atoms with E-state index in [0.29, 0.717) is 5.56 Å². The smallest absolute Gasteiger partial charge is 0.329 e. The molecule has 1 aromatic heterocycles. The van der Waals surface area contributed by atoms with E-state index in [1.807, 2.05) is 0 Å². The number of aliphatic hydroxyl groups excluding tert-OH is 1. The van der Waals surface area contributed by atoms with Crippen molar-refractivity contribution in [3.63, 3.8) is 0 Å². The van der Waals surface area contributed by atoms with Crippen molar-refractivity contribution >= 4 is 0 Å². The van der Waals surface area contributed by atoms with Gasteiger partial charge in [0.2, 0.25) is 0 Å². The normalized spacial score (nSPS) is 9.29. The van der Waals surface area contributed by atoms with Crippen LogP contribution >= 0.6 is 0 Å². The fraction of sp³-hybridized carbons (Fsp3) is 0.333. The van der Waals surface area contributed by atoms with E-state index in [1.165, 1.54) is 10.8 Å². The van der Waals surface area contributed by atoms with Gasteiger partial charge in [-0.3, -0.25) is 14.3 Å². The van der Waals surface area contributed by atoms with Crippen LogP contribution in [0.25, 0.3) is 0 Å². The van der Waals surface area contributed by atoms with Crippen molar-refractivity contribution < 1.29 is 5.11 Å². The summed E-state index contributed by atoms with van der Waals surface area (Å²) in [6.45, 7) is 1.53. The molecule has 14 heavy (non-hydrogen) atoms. The van der Waals surface area contributed by atoms with Gasteiger partial charge in [0.1, 0.15) is 6.61 Å². The minimum absolute atomic E-state index is 0.164. The molecule has 0 aliphatic heterocycles. The van der Waals surface area contributed by atoms with E-state index in [2.05, 4.69) is 16.8 Å². The number of rotatable bonds is 1. The minimum atomic E-state index is -0.493. The number of aromatic nitrogens is 2. The maximum absolute atomic E-state index is 11.2. The first-order valence-electron chi connectivity index (χ1n) is 4.02. The van der Waals surface area contributed by atoms with Gasteiger partial charge < -0.3 is 5.11 Å². The average molecular weight is 194 g/mol. The van der Waals surface area contributed by atoms with Crippen LogP contribution in [-0.2, 0) is 6.54 Å². The van der Waals surface area contributed by atoms with Crippen molar-refractivity contribution in [1.29, 1.82) is 0 Å². The van der Waals surface area contributed by atoms with Crippen LogP contribution in [0.1, 0.15) is 5.56 Å². The van der Waals surface area contributed by atoms with Crippen LogP contribution in [0.2, 0.25) is 0 Å². The van der Waals surface area contributed by atoms with Gasteiger partial charge in [-0.2, -0.15) is 0 Å². The Kier molecular flexibility index (Phi) is 3.26. The van der Waals surface area contributed by atoms with Crippen LogP contribution in [0.5, 0.6) is 0 Å². The van der Waals surface area contributed by atoms with E-state index in [-0.39, 0.29) is 18.7 Å². The summed E-state index contributed by atoms with van der Waals surface area (Å²) in [6, 6.07) is 0. The SMILES string of the molecule is Cc1cn(CC#CCO)c(=O)[nH]c1=O. The zero-order chi connectivity index (χ0) is 10.6. The molecule has 0 spiro atoms. The van der Waals surface area contributed by atoms with Crippen LogP contribution in [0, 0.1) is 18.8 Å². The molecule has 0 atom stereocenters. The molecule has 0 aliphatic rings. The maximum atomic E-state index is 11.2. The topological polar surface area (TPSA) is 75.1 Å². The van der Waals surface area contributed by atoms with Gasteiger partial charge in [0.15, 0.2) is 0 Å². The predicted octanol–water partition coefficient (Wildman–Crippen LogP) is -1.16. The highest BCUT2D eigenvalue weighted by molar-refractivity contribution is 5.04. The number of H-pyrrole nitrogens is 1. The summed E-state index contributed by atoms with van der Waals surface area (Å²) >= 11 is 0. The summed E-state index contributed by atoms with van der Waals surface area (Å²) in [4.78, 5) is 24.3. The monoisotopic (exact) mass is 194 g/mol. The van der Waals surface area contributed by atoms with Crippen molar-refractivity contribution in [2.75, 3.05) is 6.61 Å². The first-order chi connectivity index (χ1) is 6.65. The highest BCUT2D eigenvalue weighted by Gasteiger charge is 1.97. The molecule has 1 rings (SSSR count). The second kappa shape index (κ2) is 4.44. The van der Waals surface area contributed by atoms with E-state index in [1.54, 1.807) is 6.92 Å². The third kappa shape index (κ3) is 2.34. The van der Waals surface area contributed by atoms with Crippen molar-refractivity contribution in [2.24, 2.45) is 0 Å². The van der Waals surface area contributed by atoms with Crippen LogP contribution in [0.4, 0.5) is 0 Å². The molecule has 0 amide bonds. The fourth-order valence-corrected chi connectivity index (χ4v) is 0.933. The van der Waals surface area contributed by atoms with Gasteiger partial charge >= 0.3 is 5.69 Å². The molecule has 2 N–H and O–H groups in total. The van der Waals surface area contributed by atoms with Crippen molar-refractivity contribution in [3.05, 3.63) is 32.6 Å². The zero-order valence-electron chi connectivity index (χ0n) is 7.70. The summed E-state index contributed by atoms with van der Waals surface area (Å²) in [5, 5.41) is 8.39. The van der Waals surface area contributed by atoms with Gasteiger partial charge in [0, 0.05) is 11.8 Å². The van der Waals surface area contributed by atoms with Crippen molar-refractivity contribution in [1.82, 2.24) is 9.55 Å². The molecule has 5 heteroatoms. The Labute approximate surface area is 80.0 Å². The molecule has 0 bridgehead atoms. The lowest BCUT2D eigenvalue weighted by Gasteiger charge is -1.99. The van der Waals surface area contributed by atoms with E-state index in [0.717, 1.165) is 0 Å². The van der Waals surface area contributed by atoms with Gasteiger partial charge in [0.25, 0.3) is 5.56 Å². The first-order valence-corrected chi connectivity index (χ1v) is 4.02. The van der Waals surface area contributed by atoms with Crippen LogP contribution in [0.3, 0.4) is 0 Å². The van der Waals surface area contributed by atoms with Gasteiger partial charge in [-0.25, -0.2) is 4.79 Å². The van der Waals surface area contributed by atoms with Crippen molar-refractivity contribution in [3.8, 4) is 11.8 Å². The number of aliphatic hydroxyl groups is 1. The number of aryl methyl sites for hydroxylation is 1. The summed E-state index contributed by atoms with van der Waals surface area (Å²) in [5.74, 6) is 4.99. The summed E-state index contributed by atoms with van der Waals surface area (Å²) < 4.78 is 1.28. The Bertz CT molecular complexity index is 487. The van der Waals surface area contributed by atoms with E-state index >= 15 is 0 Å². The molecule has 1 heterocycles. The first kappa shape index (κ1) is 10.3. The molecular weight excluding hydrogens is 184 g/mol. The summed E-state index contributed by atoms with van der Waals surface area (Å²) in [5.41, 5.74) is -0.426. The Morgan fingerprint density at radius 1 is 1.50 bits per heavy atom. The van der Waals surface area contributed by atoms with Gasteiger partial charge in [0.05, 0.1) is 6.54 Å². The summed E-state index contributed by atoms with van der Waals surface area (Å²) in [7, 11) is 0. The second-order valence-electron chi connectivity index (χ2n) is 2.71. The van der Waals surface area contributed by atoms with Gasteiger partial charge in [-0.1, -0.05) is 11.8 Å². The van der Waals surface area contributed by atoms with Crippen molar-refractivity contribution in [2.45, 2.75) is 13.5 Å². The number of hydrogen-bond acceptors (Lipinski definition) is 3. The lowest BCUT2D eigenvalue weighted by atomic mass is 10.4. The molecule has 0 saturated carbocycles. The highest BCUT2D eigenvalue weighted by atomic mass is 16.2. The van der Waals surface area contributed by atoms with Crippen LogP contribution in [0.15, 0.2) is 15.8 Å². The molecule has 5 nitrogen and oxygen atoms in total. The van der Waals surface area contributed by atoms with E-state index < -0.39 is 5.69 Å². The Morgan fingerprint density at radius 3 is 2.86 bits per heavy atom. The third-order valence-corrected chi connectivity index (χ3v) is 1.64. The molecule has 0 unspecified atom stereocenters. The average Bonchev–Trinajstić information content (AvgIpc) is 2.14. The molecular formula is C9H10N2O3. The Morgan fingerprint density at radius 2 is 2.21 bits per heavy atom. The Hall–Kier alpha value is -1.80. The highest BCUT2D eigenvalue weighted by Crippen LogP contribution is 1.82. The Balaban J connectivity index is 3.05. The lowest BCUT2D eigenvalue weighted by molar-refractivity contribution is 0.350. The molecule has 0 aromatic carbocycles. The number of aromatic amines is 1. The standard InChI is InChI=1S/C9H10N2O3/c1-7-6-11(4-2-3-5-12)9(14)10-8(7)13/h6,12H,4-5H2,1H3,(H,10,13,14). The lowest BCUT2D eigenvalue weighted by Crippen LogP contribution is -2.30. The maximum Gasteiger partial charge on any atom is 0.329 e. The largest absolute Gasteiger partial charge is 0.384 e. The quantitative estimate of drug-likeness (QED) is 0.554. The second-order valence-corrected chi connectivity index (χ2v) is 2.71. The summed E-state index contributed by atoms with van der Waals surface area (Å²) in [6.07, 6.45) is 1.44. The van der Waals surface area contributed by atoms with E-state index in [9.17, 15) is 9.59 Å². The molecule has 0 radical (unpaired) electrons. The predicted molar refractivity (Wildman–Crippen MR) is 50.9 cm³/mol. The van der Waals surface area contributed by atoms with Gasteiger partial charge in [-0.15, -0.1) is 0 Å². The number of hydrogen-bond donors (Lipinski definition) is 2. The number of nitrogens with one attached hydrogen (secondary N) is 1.